The SMILES string of the molecule is CCc1ccc([C@H]2CC(=O)c3c(ccc4ccccc34)N2)cc1. The number of benzene rings is 3. The summed E-state index contributed by atoms with van der Waals surface area (Å²) in [7, 11) is 0. The molecule has 23 heavy (non-hydrogen) atoms. The van der Waals surface area contributed by atoms with Gasteiger partial charge >= 0.3 is 0 Å². The van der Waals surface area contributed by atoms with E-state index in [4.69, 9.17) is 0 Å². The molecule has 0 saturated heterocycles. The van der Waals surface area contributed by atoms with Gasteiger partial charge in [0.05, 0.1) is 6.04 Å². The number of hydrogen-bond acceptors (Lipinski definition) is 2. The molecule has 0 unspecified atom stereocenters. The smallest absolute Gasteiger partial charge is 0.167 e. The van der Waals surface area contributed by atoms with Crippen LogP contribution in [0.25, 0.3) is 10.8 Å². The highest BCUT2D eigenvalue weighted by Crippen LogP contribution is 2.36. The minimum Gasteiger partial charge on any atom is -0.377 e. The molecule has 1 N–H and O–H groups in total. The summed E-state index contributed by atoms with van der Waals surface area (Å²) in [6.45, 7) is 2.15. The van der Waals surface area contributed by atoms with Crippen molar-refractivity contribution < 1.29 is 4.79 Å². The second-order valence-corrected chi connectivity index (χ2v) is 6.13. The number of anilines is 1. The maximum atomic E-state index is 12.8. The highest BCUT2D eigenvalue weighted by molar-refractivity contribution is 6.14. The van der Waals surface area contributed by atoms with Crippen LogP contribution in [0.2, 0.25) is 0 Å². The number of rotatable bonds is 2. The predicted molar refractivity (Wildman–Crippen MR) is 95.1 cm³/mol. The van der Waals surface area contributed by atoms with Gasteiger partial charge in [-0.3, -0.25) is 4.79 Å². The molecule has 0 radical (unpaired) electrons. The standard InChI is InChI=1S/C21H19NO/c1-2-14-7-9-16(10-8-14)19-13-20(23)21-17-6-4-3-5-15(17)11-12-18(21)22-19/h3-12,19,22H,2,13H2,1H3/t19-/m1/s1. The number of hydrogen-bond donors (Lipinski definition) is 1. The lowest BCUT2D eigenvalue weighted by atomic mass is 9.89. The third-order valence-corrected chi connectivity index (χ3v) is 4.72. The maximum Gasteiger partial charge on any atom is 0.167 e. The zero-order valence-electron chi connectivity index (χ0n) is 13.2. The molecule has 0 fully saturated rings. The average molecular weight is 301 g/mol. The van der Waals surface area contributed by atoms with E-state index >= 15 is 0 Å². The second-order valence-electron chi connectivity index (χ2n) is 6.13. The van der Waals surface area contributed by atoms with Crippen LogP contribution in [-0.4, -0.2) is 5.78 Å². The van der Waals surface area contributed by atoms with Gasteiger partial charge in [0.15, 0.2) is 5.78 Å². The van der Waals surface area contributed by atoms with E-state index in [1.54, 1.807) is 0 Å². The van der Waals surface area contributed by atoms with E-state index in [1.165, 1.54) is 11.1 Å². The zero-order chi connectivity index (χ0) is 15.8. The van der Waals surface area contributed by atoms with Crippen molar-refractivity contribution in [2.75, 3.05) is 5.32 Å². The summed E-state index contributed by atoms with van der Waals surface area (Å²) >= 11 is 0. The summed E-state index contributed by atoms with van der Waals surface area (Å²) in [4.78, 5) is 12.8. The zero-order valence-corrected chi connectivity index (χ0v) is 13.2. The van der Waals surface area contributed by atoms with Crippen LogP contribution in [-0.2, 0) is 6.42 Å². The summed E-state index contributed by atoms with van der Waals surface area (Å²) in [5.41, 5.74) is 4.28. The molecule has 0 spiro atoms. The molecule has 0 saturated carbocycles. The molecule has 1 atom stereocenters. The van der Waals surface area contributed by atoms with E-state index in [0.717, 1.165) is 28.4 Å². The molecular weight excluding hydrogens is 282 g/mol. The Balaban J connectivity index is 1.74. The first-order chi connectivity index (χ1) is 11.3. The highest BCUT2D eigenvalue weighted by atomic mass is 16.1. The van der Waals surface area contributed by atoms with Gasteiger partial charge in [-0.05, 0) is 34.4 Å². The van der Waals surface area contributed by atoms with Gasteiger partial charge in [-0.2, -0.15) is 0 Å². The maximum absolute atomic E-state index is 12.8. The monoisotopic (exact) mass is 301 g/mol. The highest BCUT2D eigenvalue weighted by Gasteiger charge is 2.27. The van der Waals surface area contributed by atoms with Crippen LogP contribution < -0.4 is 5.32 Å². The van der Waals surface area contributed by atoms with Crippen molar-refractivity contribution in [2.45, 2.75) is 25.8 Å². The number of ketones is 1. The Morgan fingerprint density at radius 2 is 1.78 bits per heavy atom. The van der Waals surface area contributed by atoms with Crippen LogP contribution in [0.3, 0.4) is 0 Å². The summed E-state index contributed by atoms with van der Waals surface area (Å²) in [5.74, 6) is 0.222. The molecule has 0 aliphatic carbocycles. The van der Waals surface area contributed by atoms with E-state index in [0.29, 0.717) is 6.42 Å². The van der Waals surface area contributed by atoms with Gasteiger partial charge in [0.2, 0.25) is 0 Å². The Morgan fingerprint density at radius 1 is 1.00 bits per heavy atom. The molecular formula is C21H19NO. The lowest BCUT2D eigenvalue weighted by Gasteiger charge is -2.27. The molecule has 1 heterocycles. The number of Topliss-reactive ketones (excluding diaryl/α,β-unsaturated/α-hetero) is 1. The van der Waals surface area contributed by atoms with Gasteiger partial charge in [-0.1, -0.05) is 61.5 Å². The van der Waals surface area contributed by atoms with Crippen LogP contribution >= 0.6 is 0 Å². The van der Waals surface area contributed by atoms with Gasteiger partial charge in [-0.25, -0.2) is 0 Å². The molecule has 0 aromatic heterocycles. The first-order valence-corrected chi connectivity index (χ1v) is 8.16. The van der Waals surface area contributed by atoms with E-state index in [1.807, 2.05) is 24.3 Å². The fraction of sp³-hybridized carbons (Fsp3) is 0.190. The number of fused-ring (bicyclic) bond motifs is 3. The van der Waals surface area contributed by atoms with Crippen molar-refractivity contribution in [2.24, 2.45) is 0 Å². The third-order valence-electron chi connectivity index (χ3n) is 4.72. The van der Waals surface area contributed by atoms with Crippen molar-refractivity contribution in [3.63, 3.8) is 0 Å². The van der Waals surface area contributed by atoms with Gasteiger partial charge in [0.25, 0.3) is 0 Å². The minimum absolute atomic E-state index is 0.0575. The second kappa shape index (κ2) is 5.54. The van der Waals surface area contributed by atoms with Crippen LogP contribution in [0.4, 0.5) is 5.69 Å². The first-order valence-electron chi connectivity index (χ1n) is 8.16. The normalized spacial score (nSPS) is 16.9. The Morgan fingerprint density at radius 3 is 2.57 bits per heavy atom. The molecule has 1 aliphatic heterocycles. The third kappa shape index (κ3) is 2.40. The Kier molecular flexibility index (Phi) is 3.38. The Hall–Kier alpha value is -2.61. The Labute approximate surface area is 136 Å². The number of carbonyl (C=O) groups excluding carboxylic acids is 1. The van der Waals surface area contributed by atoms with Gasteiger partial charge < -0.3 is 5.32 Å². The van der Waals surface area contributed by atoms with Gasteiger partial charge in [-0.15, -0.1) is 0 Å². The number of nitrogens with one attached hydrogen (secondary N) is 1. The molecule has 114 valence electrons. The average Bonchev–Trinajstić information content (AvgIpc) is 2.61. The summed E-state index contributed by atoms with van der Waals surface area (Å²) in [6.07, 6.45) is 1.54. The number of aryl methyl sites for hydroxylation is 1. The summed E-state index contributed by atoms with van der Waals surface area (Å²) in [6, 6.07) is 20.8. The fourth-order valence-electron chi connectivity index (χ4n) is 3.41. The van der Waals surface area contributed by atoms with Crippen LogP contribution in [0.1, 0.15) is 40.9 Å². The van der Waals surface area contributed by atoms with Crippen molar-refractivity contribution in [1.29, 1.82) is 0 Å². The van der Waals surface area contributed by atoms with Crippen LogP contribution in [0.15, 0.2) is 60.7 Å². The topological polar surface area (TPSA) is 29.1 Å². The van der Waals surface area contributed by atoms with Crippen LogP contribution in [0.5, 0.6) is 0 Å². The molecule has 0 bridgehead atoms. The summed E-state index contributed by atoms with van der Waals surface area (Å²) < 4.78 is 0. The lowest BCUT2D eigenvalue weighted by molar-refractivity contribution is 0.0974. The molecule has 0 amide bonds. The molecule has 3 aromatic carbocycles. The molecule has 4 rings (SSSR count). The van der Waals surface area contributed by atoms with Crippen molar-refractivity contribution >= 4 is 22.2 Å². The lowest BCUT2D eigenvalue weighted by Crippen LogP contribution is -2.23. The minimum atomic E-state index is 0.0575. The van der Waals surface area contributed by atoms with Crippen molar-refractivity contribution in [3.8, 4) is 0 Å². The molecule has 1 aliphatic rings. The van der Waals surface area contributed by atoms with Gasteiger partial charge in [0.1, 0.15) is 0 Å². The summed E-state index contributed by atoms with van der Waals surface area (Å²) in [5, 5.41) is 5.71. The predicted octanol–water partition coefficient (Wildman–Crippen LogP) is 5.14. The fourth-order valence-corrected chi connectivity index (χ4v) is 3.41. The van der Waals surface area contributed by atoms with E-state index in [-0.39, 0.29) is 11.8 Å². The van der Waals surface area contributed by atoms with Crippen molar-refractivity contribution in [1.82, 2.24) is 0 Å². The molecule has 3 aromatic rings. The largest absolute Gasteiger partial charge is 0.377 e. The van der Waals surface area contributed by atoms with Crippen LogP contribution in [0, 0.1) is 0 Å². The van der Waals surface area contributed by atoms with Gasteiger partial charge in [0, 0.05) is 17.7 Å². The van der Waals surface area contributed by atoms with E-state index in [9.17, 15) is 4.79 Å². The van der Waals surface area contributed by atoms with E-state index < -0.39 is 0 Å². The first kappa shape index (κ1) is 14.0. The van der Waals surface area contributed by atoms with E-state index in [2.05, 4.69) is 48.6 Å². The molecule has 2 nitrogen and oxygen atoms in total. The quantitative estimate of drug-likeness (QED) is 0.710. The van der Waals surface area contributed by atoms with Crippen molar-refractivity contribution in [3.05, 3.63) is 77.4 Å². The number of carbonyl (C=O) groups is 1. The Bertz CT molecular complexity index is 880. The molecule has 2 heteroatoms.